The van der Waals surface area contributed by atoms with Crippen LogP contribution in [-0.2, 0) is 4.79 Å². The van der Waals surface area contributed by atoms with Gasteiger partial charge in [0.2, 0.25) is 0 Å². The van der Waals surface area contributed by atoms with E-state index in [0.717, 1.165) is 5.92 Å². The van der Waals surface area contributed by atoms with Gasteiger partial charge in [-0.3, -0.25) is 4.79 Å². The Labute approximate surface area is 79.9 Å². The standard InChI is InChI=1S/C12H18O/c1-11-4-8-3-9(6-11)10(13)12(2,5-8)7-11/h8-9H,3-7H2,1-2H3/t8-,9-,11-,12+/m1/s1. The second-order valence-corrected chi connectivity index (χ2v) is 6.32. The van der Waals surface area contributed by atoms with Gasteiger partial charge in [-0.05, 0) is 43.4 Å². The summed E-state index contributed by atoms with van der Waals surface area (Å²) in [6, 6.07) is 0. The fourth-order valence-corrected chi connectivity index (χ4v) is 4.78. The summed E-state index contributed by atoms with van der Waals surface area (Å²) in [5.74, 6) is 1.91. The maximum Gasteiger partial charge on any atom is 0.141 e. The van der Waals surface area contributed by atoms with E-state index in [9.17, 15) is 4.79 Å². The third-order valence-corrected chi connectivity index (χ3v) is 4.66. The van der Waals surface area contributed by atoms with Gasteiger partial charge in [0.05, 0.1) is 0 Å². The van der Waals surface area contributed by atoms with E-state index in [1.54, 1.807) is 0 Å². The first-order valence-electron chi connectivity index (χ1n) is 5.55. The Hall–Kier alpha value is -0.330. The van der Waals surface area contributed by atoms with Gasteiger partial charge >= 0.3 is 0 Å². The molecule has 0 heterocycles. The molecule has 4 aliphatic rings. The molecule has 0 aromatic heterocycles. The fourth-order valence-electron chi connectivity index (χ4n) is 4.78. The molecule has 4 aliphatic carbocycles. The van der Waals surface area contributed by atoms with E-state index in [2.05, 4.69) is 13.8 Å². The minimum Gasteiger partial charge on any atom is -0.299 e. The summed E-state index contributed by atoms with van der Waals surface area (Å²) in [5.41, 5.74) is 0.604. The first-order chi connectivity index (χ1) is 6.01. The van der Waals surface area contributed by atoms with Crippen LogP contribution in [0, 0.1) is 22.7 Å². The lowest BCUT2D eigenvalue weighted by Crippen LogP contribution is -2.55. The predicted molar refractivity (Wildman–Crippen MR) is 51.3 cm³/mol. The largest absolute Gasteiger partial charge is 0.299 e. The van der Waals surface area contributed by atoms with Gasteiger partial charge in [0, 0.05) is 11.3 Å². The molecule has 72 valence electrons. The molecular weight excluding hydrogens is 160 g/mol. The minimum absolute atomic E-state index is 0.0822. The van der Waals surface area contributed by atoms with Gasteiger partial charge in [-0.2, -0.15) is 0 Å². The number of ketones is 1. The Bertz CT molecular complexity index is 283. The van der Waals surface area contributed by atoms with E-state index < -0.39 is 0 Å². The number of hydrogen-bond donors (Lipinski definition) is 0. The van der Waals surface area contributed by atoms with Crippen molar-refractivity contribution in [1.82, 2.24) is 0 Å². The van der Waals surface area contributed by atoms with Crippen LogP contribution in [0.2, 0.25) is 0 Å². The first kappa shape index (κ1) is 8.02. The van der Waals surface area contributed by atoms with Crippen LogP contribution in [0.4, 0.5) is 0 Å². The Morgan fingerprint density at radius 1 is 1.23 bits per heavy atom. The van der Waals surface area contributed by atoms with Crippen molar-refractivity contribution in [2.45, 2.75) is 46.0 Å². The van der Waals surface area contributed by atoms with E-state index >= 15 is 0 Å². The van der Waals surface area contributed by atoms with Crippen LogP contribution in [0.15, 0.2) is 0 Å². The van der Waals surface area contributed by atoms with E-state index in [4.69, 9.17) is 0 Å². The lowest BCUT2D eigenvalue weighted by molar-refractivity contribution is -0.159. The molecule has 0 saturated heterocycles. The van der Waals surface area contributed by atoms with Crippen molar-refractivity contribution in [1.29, 1.82) is 0 Å². The van der Waals surface area contributed by atoms with Gasteiger partial charge < -0.3 is 0 Å². The van der Waals surface area contributed by atoms with Gasteiger partial charge in [-0.25, -0.2) is 0 Å². The van der Waals surface area contributed by atoms with Crippen molar-refractivity contribution in [2.75, 3.05) is 0 Å². The smallest absolute Gasteiger partial charge is 0.141 e. The van der Waals surface area contributed by atoms with E-state index in [-0.39, 0.29) is 5.41 Å². The molecule has 0 aromatic rings. The SMILES string of the molecule is C[C@@]12C[C@H]3C[C@H](C1)C(=O)[C@@](C)(C3)C2. The van der Waals surface area contributed by atoms with Crippen molar-refractivity contribution in [3.05, 3.63) is 0 Å². The topological polar surface area (TPSA) is 17.1 Å². The van der Waals surface area contributed by atoms with E-state index in [0.29, 0.717) is 17.1 Å². The zero-order chi connectivity index (χ0) is 9.27. The van der Waals surface area contributed by atoms with Gasteiger partial charge in [0.1, 0.15) is 5.78 Å². The van der Waals surface area contributed by atoms with Crippen molar-refractivity contribution < 1.29 is 4.79 Å². The lowest BCUT2D eigenvalue weighted by Gasteiger charge is -2.59. The van der Waals surface area contributed by atoms with Gasteiger partial charge in [0.25, 0.3) is 0 Å². The molecule has 4 rings (SSSR count). The maximum absolute atomic E-state index is 12.0. The van der Waals surface area contributed by atoms with Gasteiger partial charge in [-0.15, -0.1) is 0 Å². The summed E-state index contributed by atoms with van der Waals surface area (Å²) in [5, 5.41) is 0. The van der Waals surface area contributed by atoms with Crippen LogP contribution in [0.1, 0.15) is 46.0 Å². The molecular formula is C12H18O. The maximum atomic E-state index is 12.0. The summed E-state index contributed by atoms with van der Waals surface area (Å²) >= 11 is 0. The molecule has 0 unspecified atom stereocenters. The number of rotatable bonds is 0. The monoisotopic (exact) mass is 178 g/mol. The van der Waals surface area contributed by atoms with Crippen molar-refractivity contribution in [2.24, 2.45) is 22.7 Å². The zero-order valence-corrected chi connectivity index (χ0v) is 8.60. The van der Waals surface area contributed by atoms with Crippen LogP contribution in [-0.4, -0.2) is 5.78 Å². The van der Waals surface area contributed by atoms with E-state index in [1.165, 1.54) is 32.1 Å². The number of hydrogen-bond acceptors (Lipinski definition) is 1. The molecule has 0 N–H and O–H groups in total. The molecule has 1 nitrogen and oxygen atoms in total. The minimum atomic E-state index is 0.0822. The highest BCUT2D eigenvalue weighted by Gasteiger charge is 2.58. The third-order valence-electron chi connectivity index (χ3n) is 4.66. The molecule has 0 aromatic carbocycles. The average Bonchev–Trinajstić information content (AvgIpc) is 1.96. The fraction of sp³-hybridized carbons (Fsp3) is 0.917. The molecule has 4 fully saturated rings. The summed E-state index contributed by atoms with van der Waals surface area (Å²) in [7, 11) is 0. The molecule has 1 heteroatoms. The Balaban J connectivity index is 2.06. The van der Waals surface area contributed by atoms with Crippen molar-refractivity contribution >= 4 is 5.78 Å². The predicted octanol–water partition coefficient (Wildman–Crippen LogP) is 2.79. The zero-order valence-electron chi connectivity index (χ0n) is 8.60. The highest BCUT2D eigenvalue weighted by molar-refractivity contribution is 5.88. The van der Waals surface area contributed by atoms with Crippen LogP contribution >= 0.6 is 0 Å². The number of carbonyl (C=O) groups excluding carboxylic acids is 1. The molecule has 4 bridgehead atoms. The summed E-state index contributed by atoms with van der Waals surface area (Å²) < 4.78 is 0. The van der Waals surface area contributed by atoms with Crippen LogP contribution in [0.5, 0.6) is 0 Å². The highest BCUT2D eigenvalue weighted by atomic mass is 16.1. The normalized spacial score (nSPS) is 58.8. The van der Waals surface area contributed by atoms with Crippen molar-refractivity contribution in [3.8, 4) is 0 Å². The van der Waals surface area contributed by atoms with Crippen LogP contribution in [0.25, 0.3) is 0 Å². The lowest BCUT2D eigenvalue weighted by atomic mass is 9.45. The number of Topliss-reactive ketones (excluding diaryl/α,β-unsaturated/α-hetero) is 1. The van der Waals surface area contributed by atoms with Crippen LogP contribution in [0.3, 0.4) is 0 Å². The summed E-state index contributed by atoms with van der Waals surface area (Å²) in [6.07, 6.45) is 6.16. The average molecular weight is 178 g/mol. The molecule has 13 heavy (non-hydrogen) atoms. The highest BCUT2D eigenvalue weighted by Crippen LogP contribution is 2.63. The summed E-state index contributed by atoms with van der Waals surface area (Å²) in [4.78, 5) is 12.0. The second-order valence-electron chi connectivity index (χ2n) is 6.32. The second kappa shape index (κ2) is 2.02. The Morgan fingerprint density at radius 2 is 2.00 bits per heavy atom. The number of carbonyl (C=O) groups is 1. The first-order valence-corrected chi connectivity index (χ1v) is 5.55. The molecule has 0 spiro atoms. The Kier molecular flexibility index (Phi) is 1.24. The van der Waals surface area contributed by atoms with Crippen molar-refractivity contribution in [3.63, 3.8) is 0 Å². The van der Waals surface area contributed by atoms with E-state index in [1.807, 2.05) is 0 Å². The molecule has 4 atom stereocenters. The molecule has 0 radical (unpaired) electrons. The molecule has 0 aliphatic heterocycles. The molecule has 0 amide bonds. The summed E-state index contributed by atoms with van der Waals surface area (Å²) in [6.45, 7) is 4.61. The molecule has 4 saturated carbocycles. The Morgan fingerprint density at radius 3 is 2.62 bits per heavy atom. The van der Waals surface area contributed by atoms with Gasteiger partial charge in [-0.1, -0.05) is 13.8 Å². The quantitative estimate of drug-likeness (QED) is 0.557. The third kappa shape index (κ3) is 0.908. The van der Waals surface area contributed by atoms with Gasteiger partial charge in [0.15, 0.2) is 0 Å². The van der Waals surface area contributed by atoms with Crippen LogP contribution < -0.4 is 0 Å².